The van der Waals surface area contributed by atoms with Crippen LogP contribution in [0.5, 0.6) is 0 Å². The number of benzene rings is 2. The average Bonchev–Trinajstić information content (AvgIpc) is 3.38. The first-order valence-electron chi connectivity index (χ1n) is 13.2. The molecule has 0 unspecified atom stereocenters. The number of imide groups is 1. The highest BCUT2D eigenvalue weighted by Gasteiger charge is 2.68. The Labute approximate surface area is 234 Å². The number of amides is 2. The molecule has 3 aliphatic rings. The quantitative estimate of drug-likeness (QED) is 0.392. The van der Waals surface area contributed by atoms with E-state index >= 15 is 0 Å². The second-order valence-corrected chi connectivity index (χ2v) is 12.8. The standard InChI is InChI=1S/C30H34Cl2N2O4/c1-29(2,3)17-9-15-22(16-10-17)34-26(35)23-24(27(34)36)30(33-25(23)28(37)38-4,18-5-11-20(31)12-6-18)19-7-13-21(32)14-8-19/h5-8,11-14,17,22-25,33H,9-10,15-16H2,1-4H3/t17?,22?,23-,24-,25-/m1/s1. The van der Waals surface area contributed by atoms with E-state index in [2.05, 4.69) is 26.1 Å². The highest BCUT2D eigenvalue weighted by Crippen LogP contribution is 2.53. The molecule has 2 aliphatic heterocycles. The minimum absolute atomic E-state index is 0.175. The van der Waals surface area contributed by atoms with E-state index in [1.807, 2.05) is 24.3 Å². The number of hydrogen-bond donors (Lipinski definition) is 1. The molecule has 5 rings (SSSR count). The number of carbonyl (C=O) groups excluding carboxylic acids is 3. The van der Waals surface area contributed by atoms with Gasteiger partial charge in [0.15, 0.2) is 0 Å². The third-order valence-electron chi connectivity index (χ3n) is 8.93. The van der Waals surface area contributed by atoms with Crippen molar-refractivity contribution in [1.29, 1.82) is 0 Å². The fourth-order valence-corrected chi connectivity index (χ4v) is 7.19. The predicted octanol–water partition coefficient (Wildman–Crippen LogP) is 5.59. The van der Waals surface area contributed by atoms with Crippen molar-refractivity contribution >= 4 is 41.0 Å². The molecule has 3 fully saturated rings. The van der Waals surface area contributed by atoms with Gasteiger partial charge in [-0.3, -0.25) is 24.6 Å². The molecule has 2 aromatic carbocycles. The summed E-state index contributed by atoms with van der Waals surface area (Å²) in [5.41, 5.74) is 0.511. The topological polar surface area (TPSA) is 75.7 Å². The van der Waals surface area contributed by atoms with Gasteiger partial charge < -0.3 is 4.74 Å². The van der Waals surface area contributed by atoms with Crippen LogP contribution < -0.4 is 5.32 Å². The van der Waals surface area contributed by atoms with Crippen molar-refractivity contribution in [2.24, 2.45) is 23.2 Å². The SMILES string of the molecule is COC(=O)[C@@H]1NC(c2ccc(Cl)cc2)(c2ccc(Cl)cc2)[C@H]2C(=O)N(C3CCC(C(C)(C)C)CC3)C(=O)[C@@H]12. The van der Waals surface area contributed by atoms with Crippen molar-refractivity contribution in [3.05, 3.63) is 69.7 Å². The van der Waals surface area contributed by atoms with Gasteiger partial charge in [0.05, 0.1) is 24.5 Å². The number of halogens is 2. The molecular weight excluding hydrogens is 523 g/mol. The first kappa shape index (κ1) is 27.2. The Morgan fingerprint density at radius 1 is 0.895 bits per heavy atom. The molecule has 0 spiro atoms. The summed E-state index contributed by atoms with van der Waals surface area (Å²) in [5, 5.41) is 4.50. The molecule has 202 valence electrons. The van der Waals surface area contributed by atoms with Gasteiger partial charge in [-0.15, -0.1) is 0 Å². The van der Waals surface area contributed by atoms with E-state index in [0.717, 1.165) is 36.8 Å². The molecule has 0 aromatic heterocycles. The number of carbonyl (C=O) groups is 3. The second kappa shape index (κ2) is 9.96. The monoisotopic (exact) mass is 556 g/mol. The van der Waals surface area contributed by atoms with E-state index in [0.29, 0.717) is 16.0 Å². The Balaban J connectivity index is 1.62. The number of likely N-dealkylation sites (tertiary alicyclic amines) is 1. The fraction of sp³-hybridized carbons (Fsp3) is 0.500. The van der Waals surface area contributed by atoms with Gasteiger partial charge in [0.25, 0.3) is 0 Å². The summed E-state index contributed by atoms with van der Waals surface area (Å²) in [4.78, 5) is 43.0. The zero-order valence-corrected chi connectivity index (χ0v) is 23.7. The van der Waals surface area contributed by atoms with Crippen LogP contribution in [-0.2, 0) is 24.7 Å². The Morgan fingerprint density at radius 2 is 1.39 bits per heavy atom. The van der Waals surface area contributed by atoms with Crippen LogP contribution in [-0.4, -0.2) is 41.9 Å². The highest BCUT2D eigenvalue weighted by atomic mass is 35.5. The largest absolute Gasteiger partial charge is 0.468 e. The highest BCUT2D eigenvalue weighted by molar-refractivity contribution is 6.30. The van der Waals surface area contributed by atoms with Crippen LogP contribution in [0.15, 0.2) is 48.5 Å². The maximum atomic E-state index is 14.4. The summed E-state index contributed by atoms with van der Waals surface area (Å²) < 4.78 is 5.14. The number of nitrogens with one attached hydrogen (secondary N) is 1. The molecule has 2 heterocycles. The van der Waals surface area contributed by atoms with Crippen LogP contribution in [0.3, 0.4) is 0 Å². The summed E-state index contributed by atoms with van der Waals surface area (Å²) in [7, 11) is 1.30. The van der Waals surface area contributed by atoms with Gasteiger partial charge in [0, 0.05) is 16.1 Å². The van der Waals surface area contributed by atoms with Crippen molar-refractivity contribution in [3.8, 4) is 0 Å². The summed E-state index contributed by atoms with van der Waals surface area (Å²) in [5.74, 6) is -2.29. The second-order valence-electron chi connectivity index (χ2n) is 11.9. The average molecular weight is 558 g/mol. The number of ether oxygens (including phenoxy) is 1. The van der Waals surface area contributed by atoms with Crippen molar-refractivity contribution in [2.75, 3.05) is 7.11 Å². The molecule has 1 aliphatic carbocycles. The first-order valence-corrected chi connectivity index (χ1v) is 14.0. The number of esters is 1. The number of hydrogen-bond acceptors (Lipinski definition) is 5. The lowest BCUT2D eigenvalue weighted by atomic mass is 9.71. The fourth-order valence-electron chi connectivity index (χ4n) is 6.94. The third-order valence-corrected chi connectivity index (χ3v) is 9.44. The van der Waals surface area contributed by atoms with E-state index in [-0.39, 0.29) is 23.3 Å². The van der Waals surface area contributed by atoms with Crippen molar-refractivity contribution in [2.45, 2.75) is 64.1 Å². The molecule has 6 nitrogen and oxygen atoms in total. The number of fused-ring (bicyclic) bond motifs is 1. The van der Waals surface area contributed by atoms with E-state index < -0.39 is 29.4 Å². The van der Waals surface area contributed by atoms with Crippen LogP contribution in [0.2, 0.25) is 10.0 Å². The molecule has 0 bridgehead atoms. The smallest absolute Gasteiger partial charge is 0.323 e. The molecule has 3 atom stereocenters. The molecule has 1 saturated carbocycles. The number of rotatable bonds is 4. The molecule has 1 N–H and O–H groups in total. The summed E-state index contributed by atoms with van der Waals surface area (Å²) >= 11 is 12.4. The van der Waals surface area contributed by atoms with Crippen LogP contribution in [0, 0.1) is 23.2 Å². The summed E-state index contributed by atoms with van der Waals surface area (Å²) in [6.45, 7) is 6.73. The number of methoxy groups -OCH3 is 1. The third kappa shape index (κ3) is 4.35. The zero-order valence-electron chi connectivity index (χ0n) is 22.2. The van der Waals surface area contributed by atoms with E-state index in [4.69, 9.17) is 27.9 Å². The number of nitrogens with zero attached hydrogens (tertiary/aromatic N) is 1. The van der Waals surface area contributed by atoms with Crippen molar-refractivity contribution in [1.82, 2.24) is 10.2 Å². The van der Waals surface area contributed by atoms with Crippen LogP contribution in [0.25, 0.3) is 0 Å². The van der Waals surface area contributed by atoms with Gasteiger partial charge in [0.1, 0.15) is 6.04 Å². The Morgan fingerprint density at radius 3 is 1.84 bits per heavy atom. The van der Waals surface area contributed by atoms with Gasteiger partial charge >= 0.3 is 5.97 Å². The van der Waals surface area contributed by atoms with Gasteiger partial charge in [-0.25, -0.2) is 0 Å². The van der Waals surface area contributed by atoms with Gasteiger partial charge in [-0.2, -0.15) is 0 Å². The van der Waals surface area contributed by atoms with E-state index in [1.54, 1.807) is 24.3 Å². The van der Waals surface area contributed by atoms with Crippen LogP contribution >= 0.6 is 23.2 Å². The Bertz CT molecular complexity index is 1180. The van der Waals surface area contributed by atoms with Gasteiger partial charge in [-0.05, 0) is 72.4 Å². The molecule has 8 heteroatoms. The van der Waals surface area contributed by atoms with Crippen LogP contribution in [0.1, 0.15) is 57.6 Å². The lowest BCUT2D eigenvalue weighted by molar-refractivity contribution is -0.150. The normalized spacial score (nSPS) is 28.9. The maximum Gasteiger partial charge on any atom is 0.323 e. The minimum Gasteiger partial charge on any atom is -0.468 e. The summed E-state index contributed by atoms with van der Waals surface area (Å²) in [6, 6.07) is 13.2. The maximum absolute atomic E-state index is 14.4. The summed E-state index contributed by atoms with van der Waals surface area (Å²) in [6.07, 6.45) is 3.45. The minimum atomic E-state index is -1.15. The van der Waals surface area contributed by atoms with E-state index in [1.165, 1.54) is 12.0 Å². The molecule has 0 radical (unpaired) electrons. The van der Waals surface area contributed by atoms with Crippen molar-refractivity contribution < 1.29 is 19.1 Å². The Hall–Kier alpha value is -2.41. The first-order chi connectivity index (χ1) is 18.0. The molecule has 2 amide bonds. The molecule has 2 saturated heterocycles. The zero-order chi connectivity index (χ0) is 27.4. The predicted molar refractivity (Wildman–Crippen MR) is 147 cm³/mol. The molecule has 38 heavy (non-hydrogen) atoms. The van der Waals surface area contributed by atoms with Gasteiger partial charge in [-0.1, -0.05) is 68.2 Å². The van der Waals surface area contributed by atoms with Gasteiger partial charge in [0.2, 0.25) is 11.8 Å². The molecular formula is C30H34Cl2N2O4. The lowest BCUT2D eigenvalue weighted by Crippen LogP contribution is -2.53. The van der Waals surface area contributed by atoms with Crippen LogP contribution in [0.4, 0.5) is 0 Å². The Kier molecular flexibility index (Phi) is 7.12. The lowest BCUT2D eigenvalue weighted by Gasteiger charge is -2.41. The van der Waals surface area contributed by atoms with Crippen molar-refractivity contribution in [3.63, 3.8) is 0 Å². The van der Waals surface area contributed by atoms with E-state index in [9.17, 15) is 14.4 Å². The molecule has 2 aromatic rings.